The second-order valence-electron chi connectivity index (χ2n) is 14.1. The number of carbonyl (C=O) groups excluding carboxylic acids is 1. The maximum absolute atomic E-state index is 13.4. The highest BCUT2D eigenvalue weighted by molar-refractivity contribution is 6.31. The number of anilines is 1. The number of hydrogen-bond acceptors (Lipinski definition) is 8. The van der Waals surface area contributed by atoms with Gasteiger partial charge in [-0.05, 0) is 84.2 Å². The fraction of sp³-hybridized carbons (Fsp3) is 0.425. The van der Waals surface area contributed by atoms with Gasteiger partial charge in [-0.2, -0.15) is 9.61 Å². The van der Waals surface area contributed by atoms with Crippen LogP contribution < -0.4 is 9.64 Å². The highest BCUT2D eigenvalue weighted by Crippen LogP contribution is 2.40. The van der Waals surface area contributed by atoms with Crippen molar-refractivity contribution in [3.63, 3.8) is 0 Å². The Hall–Kier alpha value is -4.18. The Balaban J connectivity index is 1.64. The first-order valence-corrected chi connectivity index (χ1v) is 17.5. The summed E-state index contributed by atoms with van der Waals surface area (Å²) in [6.07, 6.45) is 4.83. The molecular weight excluding hydrogens is 652 g/mol. The molecule has 266 valence electrons. The van der Waals surface area contributed by atoms with Crippen LogP contribution >= 0.6 is 11.6 Å². The molecule has 0 spiro atoms. The summed E-state index contributed by atoms with van der Waals surface area (Å²) in [5.41, 5.74) is 4.45. The number of esters is 1. The van der Waals surface area contributed by atoms with Crippen LogP contribution in [0.3, 0.4) is 0 Å². The van der Waals surface area contributed by atoms with Crippen molar-refractivity contribution in [1.82, 2.24) is 14.6 Å². The third kappa shape index (κ3) is 8.40. The quantitative estimate of drug-likeness (QED) is 0.101. The lowest BCUT2D eigenvalue weighted by Gasteiger charge is -2.41. The van der Waals surface area contributed by atoms with Gasteiger partial charge in [0.05, 0.1) is 42.3 Å². The summed E-state index contributed by atoms with van der Waals surface area (Å²) in [6, 6.07) is 15.8. The van der Waals surface area contributed by atoms with Gasteiger partial charge in [0.15, 0.2) is 11.8 Å². The van der Waals surface area contributed by atoms with E-state index >= 15 is 0 Å². The summed E-state index contributed by atoms with van der Waals surface area (Å²) in [4.78, 5) is 20.6. The predicted molar refractivity (Wildman–Crippen MR) is 200 cm³/mol. The van der Waals surface area contributed by atoms with E-state index in [-0.39, 0.29) is 11.7 Å². The number of halogens is 1. The SMILES string of the molecule is C=CCOC1(C)CCN(c2c(C(OC(C)(C)C)C(=O)OC)c(C)nc3cc(-c4cccc(-c5cc(Cl)ccc5O[C@@H](C)CC=C)c4)nn23)CC1. The lowest BCUT2D eigenvalue weighted by atomic mass is 9.92. The van der Waals surface area contributed by atoms with Gasteiger partial charge in [-0.25, -0.2) is 9.78 Å². The number of aromatic nitrogens is 3. The average Bonchev–Trinajstić information content (AvgIpc) is 3.50. The Morgan fingerprint density at radius 3 is 2.46 bits per heavy atom. The van der Waals surface area contributed by atoms with E-state index in [0.717, 1.165) is 53.2 Å². The minimum Gasteiger partial charge on any atom is -0.490 e. The number of methoxy groups -OCH3 is 1. The van der Waals surface area contributed by atoms with Crippen LogP contribution in [-0.4, -0.2) is 64.7 Å². The second kappa shape index (κ2) is 15.4. The largest absolute Gasteiger partial charge is 0.490 e. The molecule has 0 amide bonds. The first kappa shape index (κ1) is 37.1. The van der Waals surface area contributed by atoms with Crippen LogP contribution in [0.1, 0.15) is 71.2 Å². The Labute approximate surface area is 300 Å². The van der Waals surface area contributed by atoms with Gasteiger partial charge < -0.3 is 23.8 Å². The number of rotatable bonds is 13. The molecule has 50 heavy (non-hydrogen) atoms. The standard InChI is InChI=1S/C40H49ClN4O5/c1-10-13-26(3)49-33-17-16-30(41)24-31(33)28-14-12-15-29(23-28)32-25-34-42-27(4)35(36(38(46)47-9)50-39(5,6)7)37(45(34)43-32)44-20-18-40(8,19-21-44)48-22-11-2/h10-12,14-17,23-26,36H,1-2,13,18-22H2,3-9H3/t26-,36?/m0/s1. The van der Waals surface area contributed by atoms with Crippen molar-refractivity contribution in [2.75, 3.05) is 31.7 Å². The molecule has 1 saturated heterocycles. The molecule has 1 aliphatic heterocycles. The van der Waals surface area contributed by atoms with Gasteiger partial charge in [0, 0.05) is 47.4 Å². The van der Waals surface area contributed by atoms with Crippen molar-refractivity contribution < 1.29 is 23.7 Å². The summed E-state index contributed by atoms with van der Waals surface area (Å²) in [5, 5.41) is 5.76. The summed E-state index contributed by atoms with van der Waals surface area (Å²) in [5.74, 6) is 0.993. The number of carbonyl (C=O) groups is 1. The molecular formula is C40H49ClN4O5. The molecule has 1 unspecified atom stereocenters. The minimum atomic E-state index is -1.02. The van der Waals surface area contributed by atoms with E-state index in [1.165, 1.54) is 7.11 Å². The smallest absolute Gasteiger partial charge is 0.339 e. The molecule has 5 rings (SSSR count). The van der Waals surface area contributed by atoms with Crippen molar-refractivity contribution in [2.24, 2.45) is 0 Å². The number of fused-ring (bicyclic) bond motifs is 1. The van der Waals surface area contributed by atoms with Crippen LogP contribution in [0.5, 0.6) is 5.75 Å². The molecule has 4 aromatic rings. The monoisotopic (exact) mass is 700 g/mol. The van der Waals surface area contributed by atoms with E-state index < -0.39 is 17.7 Å². The first-order chi connectivity index (χ1) is 23.8. The van der Waals surface area contributed by atoms with Gasteiger partial charge in [-0.15, -0.1) is 13.2 Å². The van der Waals surface area contributed by atoms with Crippen molar-refractivity contribution >= 4 is 29.0 Å². The summed E-state index contributed by atoms with van der Waals surface area (Å²) >= 11 is 6.48. The van der Waals surface area contributed by atoms with Gasteiger partial charge in [0.2, 0.25) is 0 Å². The average molecular weight is 701 g/mol. The molecule has 9 nitrogen and oxygen atoms in total. The lowest BCUT2D eigenvalue weighted by molar-refractivity contribution is -0.164. The van der Waals surface area contributed by atoms with Crippen molar-refractivity contribution in [1.29, 1.82) is 0 Å². The van der Waals surface area contributed by atoms with Gasteiger partial charge in [0.25, 0.3) is 0 Å². The molecule has 0 saturated carbocycles. The van der Waals surface area contributed by atoms with E-state index in [9.17, 15) is 4.79 Å². The maximum Gasteiger partial charge on any atom is 0.339 e. The number of benzene rings is 2. The number of nitrogens with zero attached hydrogens (tertiary/aromatic N) is 4. The molecule has 10 heteroatoms. The Bertz CT molecular complexity index is 1850. The third-order valence-electron chi connectivity index (χ3n) is 8.86. The maximum atomic E-state index is 13.4. The van der Waals surface area contributed by atoms with Crippen LogP contribution in [0.4, 0.5) is 5.82 Å². The van der Waals surface area contributed by atoms with Crippen LogP contribution in [-0.2, 0) is 19.0 Å². The zero-order chi connectivity index (χ0) is 36.2. The van der Waals surface area contributed by atoms with E-state index in [0.29, 0.717) is 41.6 Å². The molecule has 0 bridgehead atoms. The predicted octanol–water partition coefficient (Wildman–Crippen LogP) is 8.96. The molecule has 2 aromatic carbocycles. The molecule has 2 aromatic heterocycles. The van der Waals surface area contributed by atoms with Crippen LogP contribution in [0.2, 0.25) is 5.02 Å². The molecule has 2 atom stereocenters. The highest BCUT2D eigenvalue weighted by atomic mass is 35.5. The van der Waals surface area contributed by atoms with Gasteiger partial charge in [-0.3, -0.25) is 0 Å². The van der Waals surface area contributed by atoms with Crippen molar-refractivity contribution in [3.05, 3.63) is 90.1 Å². The number of ether oxygens (including phenoxy) is 4. The zero-order valence-corrected chi connectivity index (χ0v) is 31.0. The molecule has 0 aliphatic carbocycles. The van der Waals surface area contributed by atoms with E-state index in [1.807, 2.05) is 87.7 Å². The van der Waals surface area contributed by atoms with Crippen LogP contribution in [0, 0.1) is 6.92 Å². The van der Waals surface area contributed by atoms with E-state index in [2.05, 4.69) is 31.0 Å². The van der Waals surface area contributed by atoms with E-state index in [1.54, 1.807) is 6.08 Å². The zero-order valence-electron chi connectivity index (χ0n) is 30.3. The van der Waals surface area contributed by atoms with Crippen molar-refractivity contribution in [2.45, 2.75) is 84.2 Å². The van der Waals surface area contributed by atoms with Crippen LogP contribution in [0.25, 0.3) is 28.0 Å². The van der Waals surface area contributed by atoms with Crippen LogP contribution in [0.15, 0.2) is 73.8 Å². The Kier molecular flexibility index (Phi) is 11.4. The fourth-order valence-corrected chi connectivity index (χ4v) is 6.50. The third-order valence-corrected chi connectivity index (χ3v) is 9.10. The van der Waals surface area contributed by atoms with Gasteiger partial charge in [-0.1, -0.05) is 42.0 Å². The van der Waals surface area contributed by atoms with E-state index in [4.69, 9.17) is 40.6 Å². The Morgan fingerprint density at radius 1 is 1.08 bits per heavy atom. The minimum absolute atomic E-state index is 0.0479. The topological polar surface area (TPSA) is 87.4 Å². The number of aryl methyl sites for hydroxylation is 1. The summed E-state index contributed by atoms with van der Waals surface area (Å²) in [6.45, 7) is 21.3. The molecule has 1 aliphatic rings. The first-order valence-electron chi connectivity index (χ1n) is 17.1. The Morgan fingerprint density at radius 2 is 1.80 bits per heavy atom. The molecule has 0 N–H and O–H groups in total. The normalized spacial score (nSPS) is 15.8. The number of piperidine rings is 1. The number of hydrogen-bond donors (Lipinski definition) is 0. The molecule has 0 radical (unpaired) electrons. The van der Waals surface area contributed by atoms with Crippen molar-refractivity contribution in [3.8, 4) is 28.1 Å². The second-order valence-corrected chi connectivity index (χ2v) is 14.5. The van der Waals surface area contributed by atoms with Gasteiger partial charge in [0.1, 0.15) is 11.6 Å². The van der Waals surface area contributed by atoms with Gasteiger partial charge >= 0.3 is 5.97 Å². The highest BCUT2D eigenvalue weighted by Gasteiger charge is 2.38. The molecule has 3 heterocycles. The lowest BCUT2D eigenvalue weighted by Crippen LogP contribution is -2.45. The molecule has 1 fully saturated rings. The fourth-order valence-electron chi connectivity index (χ4n) is 6.32. The summed E-state index contributed by atoms with van der Waals surface area (Å²) < 4.78 is 26.0. The summed E-state index contributed by atoms with van der Waals surface area (Å²) in [7, 11) is 1.38.